The van der Waals surface area contributed by atoms with Crippen LogP contribution in [-0.4, -0.2) is 26.6 Å². The van der Waals surface area contributed by atoms with Gasteiger partial charge in [0, 0.05) is 12.1 Å². The topological polar surface area (TPSA) is 125 Å². The Bertz CT molecular complexity index is 1050. The van der Waals surface area contributed by atoms with Gasteiger partial charge in [0.05, 0.1) is 34.0 Å². The van der Waals surface area contributed by atoms with Crippen LogP contribution in [0.1, 0.15) is 39.2 Å². The molecule has 170 valence electrons. The zero-order valence-electron chi connectivity index (χ0n) is 17.7. The van der Waals surface area contributed by atoms with Crippen LogP contribution in [0, 0.1) is 10.1 Å². The summed E-state index contributed by atoms with van der Waals surface area (Å²) >= 11 is 0. The number of nitro benzene ring substituents is 1. The van der Waals surface area contributed by atoms with Gasteiger partial charge in [-0.2, -0.15) is 0 Å². The first-order valence-electron chi connectivity index (χ1n) is 9.96. The molecule has 0 aliphatic heterocycles. The number of hydrogen-bond acceptors (Lipinski definition) is 7. The van der Waals surface area contributed by atoms with Crippen LogP contribution in [0.25, 0.3) is 0 Å². The van der Waals surface area contributed by atoms with Gasteiger partial charge in [-0.1, -0.05) is 25.5 Å². The molecule has 1 N–H and O–H groups in total. The van der Waals surface area contributed by atoms with Crippen LogP contribution < -0.4 is 10.0 Å². The highest BCUT2D eigenvalue weighted by Gasteiger charge is 2.33. The van der Waals surface area contributed by atoms with E-state index in [1.807, 2.05) is 0 Å². The van der Waals surface area contributed by atoms with E-state index in [0.29, 0.717) is 0 Å². The van der Waals surface area contributed by atoms with E-state index in [1.165, 1.54) is 18.2 Å². The van der Waals surface area contributed by atoms with Crippen molar-refractivity contribution >= 4 is 34.3 Å². The van der Waals surface area contributed by atoms with E-state index >= 15 is 0 Å². The molecule has 0 spiro atoms. The second-order valence-electron chi connectivity index (χ2n) is 6.64. The van der Waals surface area contributed by atoms with Crippen molar-refractivity contribution in [3.63, 3.8) is 0 Å². The van der Waals surface area contributed by atoms with E-state index in [2.05, 4.69) is 11.6 Å². The van der Waals surface area contributed by atoms with Gasteiger partial charge in [0.15, 0.2) is 0 Å². The lowest BCUT2D eigenvalue weighted by atomic mass is 10.1. The van der Waals surface area contributed by atoms with Crippen molar-refractivity contribution in [3.8, 4) is 0 Å². The molecule has 2 aromatic carbocycles. The van der Waals surface area contributed by atoms with Crippen LogP contribution in [0.5, 0.6) is 0 Å². The first kappa shape index (κ1) is 25.0. The molecule has 0 aromatic heterocycles. The van der Waals surface area contributed by atoms with Gasteiger partial charge >= 0.3 is 7.60 Å². The minimum Gasteiger partial charge on any atom is -0.305 e. The lowest BCUT2D eigenvalue weighted by Crippen LogP contribution is -2.21. The van der Waals surface area contributed by atoms with Crippen LogP contribution in [0.3, 0.4) is 0 Å². The fourth-order valence-corrected chi connectivity index (χ4v) is 5.79. The Kier molecular flexibility index (Phi) is 8.76. The first-order chi connectivity index (χ1) is 14.7. The average Bonchev–Trinajstić information content (AvgIpc) is 2.72. The van der Waals surface area contributed by atoms with Crippen LogP contribution >= 0.6 is 7.60 Å². The molecule has 0 fully saturated rings. The molecule has 9 nitrogen and oxygen atoms in total. The number of non-ortho nitro benzene ring substituents is 1. The summed E-state index contributed by atoms with van der Waals surface area (Å²) < 4.78 is 52.1. The van der Waals surface area contributed by atoms with Gasteiger partial charge < -0.3 is 9.05 Å². The highest BCUT2D eigenvalue weighted by atomic mass is 32.2. The molecule has 0 saturated carbocycles. The summed E-state index contributed by atoms with van der Waals surface area (Å²) in [6.07, 6.45) is 2.88. The zero-order chi connectivity index (χ0) is 23.1. The number of unbranched alkanes of at least 4 members (excludes halogenated alkanes) is 1. The summed E-state index contributed by atoms with van der Waals surface area (Å²) in [4.78, 5) is 10.6. The SMILES string of the molecule is CCCCc1ccc(S(=O)(=O)Nc2ccc([N+](=O)[O-])cc2P(=O)(OCC)OCC)cc1. The van der Waals surface area contributed by atoms with Crippen molar-refractivity contribution in [1.82, 2.24) is 0 Å². The van der Waals surface area contributed by atoms with Crippen molar-refractivity contribution in [2.75, 3.05) is 17.9 Å². The number of nitrogens with zero attached hydrogens (tertiary/aromatic N) is 1. The van der Waals surface area contributed by atoms with Gasteiger partial charge in [0.1, 0.15) is 0 Å². The lowest BCUT2D eigenvalue weighted by Gasteiger charge is -2.20. The van der Waals surface area contributed by atoms with Gasteiger partial charge in [-0.05, 0) is 50.5 Å². The molecule has 0 aliphatic carbocycles. The third kappa shape index (κ3) is 6.36. The quantitative estimate of drug-likeness (QED) is 0.272. The van der Waals surface area contributed by atoms with Crippen LogP contribution in [0.4, 0.5) is 11.4 Å². The second-order valence-corrected chi connectivity index (χ2v) is 10.3. The fraction of sp³-hybridized carbons (Fsp3) is 0.400. The van der Waals surface area contributed by atoms with Crippen molar-refractivity contribution < 1.29 is 27.0 Å². The minimum atomic E-state index is -4.05. The Labute approximate surface area is 182 Å². The second kappa shape index (κ2) is 10.9. The van der Waals surface area contributed by atoms with E-state index in [1.54, 1.807) is 26.0 Å². The lowest BCUT2D eigenvalue weighted by molar-refractivity contribution is -0.384. The molecular weight excluding hydrogens is 443 g/mol. The number of nitro groups is 1. The van der Waals surface area contributed by atoms with Gasteiger partial charge in [-0.15, -0.1) is 0 Å². The van der Waals surface area contributed by atoms with Crippen LogP contribution in [-0.2, 0) is 30.1 Å². The Hall–Kier alpha value is -2.26. The van der Waals surface area contributed by atoms with E-state index in [9.17, 15) is 23.1 Å². The van der Waals surface area contributed by atoms with Crippen molar-refractivity contribution in [1.29, 1.82) is 0 Å². The van der Waals surface area contributed by atoms with Gasteiger partial charge in [0.2, 0.25) is 0 Å². The maximum atomic E-state index is 13.3. The molecule has 0 amide bonds. The summed E-state index contributed by atoms with van der Waals surface area (Å²) in [6, 6.07) is 9.78. The largest absolute Gasteiger partial charge is 0.363 e. The molecule has 0 heterocycles. The Balaban J connectivity index is 2.47. The number of nitrogens with one attached hydrogen (secondary N) is 1. The number of anilines is 1. The normalized spacial score (nSPS) is 12.0. The summed E-state index contributed by atoms with van der Waals surface area (Å²) in [5.41, 5.74) is 0.553. The van der Waals surface area contributed by atoms with Crippen molar-refractivity contribution in [2.45, 2.75) is 44.9 Å². The van der Waals surface area contributed by atoms with Crippen LogP contribution in [0.2, 0.25) is 0 Å². The molecule has 0 unspecified atom stereocenters. The van der Waals surface area contributed by atoms with Gasteiger partial charge in [-0.25, -0.2) is 8.42 Å². The molecule has 31 heavy (non-hydrogen) atoms. The number of hydrogen-bond donors (Lipinski definition) is 1. The van der Waals surface area contributed by atoms with Crippen molar-refractivity contribution in [2.24, 2.45) is 0 Å². The Morgan fingerprint density at radius 1 is 1.03 bits per heavy atom. The number of aryl methyl sites for hydroxylation is 1. The molecule has 0 saturated heterocycles. The molecular formula is C20H27N2O7PS. The molecule has 0 aliphatic rings. The Morgan fingerprint density at radius 3 is 2.16 bits per heavy atom. The van der Waals surface area contributed by atoms with E-state index in [-0.39, 0.29) is 34.8 Å². The Morgan fingerprint density at radius 2 is 1.65 bits per heavy atom. The molecule has 0 radical (unpaired) electrons. The molecule has 2 rings (SSSR count). The van der Waals surface area contributed by atoms with E-state index in [4.69, 9.17) is 9.05 Å². The molecule has 2 aromatic rings. The van der Waals surface area contributed by atoms with E-state index in [0.717, 1.165) is 37.0 Å². The number of benzene rings is 2. The monoisotopic (exact) mass is 470 g/mol. The first-order valence-corrected chi connectivity index (χ1v) is 13.0. The fourth-order valence-electron chi connectivity index (χ4n) is 2.88. The number of rotatable bonds is 12. The molecule has 0 bridgehead atoms. The highest BCUT2D eigenvalue weighted by molar-refractivity contribution is 7.92. The summed E-state index contributed by atoms with van der Waals surface area (Å²) in [6.45, 7) is 5.27. The minimum absolute atomic E-state index is 0.00534. The van der Waals surface area contributed by atoms with Crippen molar-refractivity contribution in [3.05, 3.63) is 58.1 Å². The third-order valence-electron chi connectivity index (χ3n) is 4.38. The standard InChI is InChI=1S/C20H27N2O7PS/c1-4-7-8-16-9-12-18(13-10-16)31(26,27)21-19-14-11-17(22(23)24)15-20(19)30(25,28-5-2)29-6-3/h9-15,21H,4-8H2,1-3H3. The zero-order valence-corrected chi connectivity index (χ0v) is 19.4. The maximum absolute atomic E-state index is 13.3. The van der Waals surface area contributed by atoms with Crippen LogP contribution in [0.15, 0.2) is 47.4 Å². The summed E-state index contributed by atoms with van der Waals surface area (Å²) in [5, 5.41) is 11.0. The third-order valence-corrected chi connectivity index (χ3v) is 7.92. The van der Waals surface area contributed by atoms with Gasteiger partial charge in [0.25, 0.3) is 15.7 Å². The molecule has 0 atom stereocenters. The summed E-state index contributed by atoms with van der Waals surface area (Å²) in [7, 11) is -8.05. The maximum Gasteiger partial charge on any atom is 0.363 e. The molecule has 11 heteroatoms. The van der Waals surface area contributed by atoms with E-state index < -0.39 is 22.5 Å². The average molecular weight is 470 g/mol. The predicted octanol–water partition coefficient (Wildman–Crippen LogP) is 4.63. The predicted molar refractivity (Wildman–Crippen MR) is 119 cm³/mol. The highest BCUT2D eigenvalue weighted by Crippen LogP contribution is 2.49. The van der Waals surface area contributed by atoms with Gasteiger partial charge in [-0.3, -0.25) is 19.4 Å². The summed E-state index contributed by atoms with van der Waals surface area (Å²) in [5.74, 6) is 0. The number of sulfonamides is 1. The smallest absolute Gasteiger partial charge is 0.305 e.